The van der Waals surface area contributed by atoms with Crippen LogP contribution in [0.5, 0.6) is 5.75 Å². The third kappa shape index (κ3) is 4.52. The maximum absolute atomic E-state index is 14.1. The summed E-state index contributed by atoms with van der Waals surface area (Å²) in [5.74, 6) is -1.31. The van der Waals surface area contributed by atoms with Gasteiger partial charge in [-0.25, -0.2) is 14.1 Å². The highest BCUT2D eigenvalue weighted by Gasteiger charge is 2.36. The number of carbonyl (C=O) groups is 3. The summed E-state index contributed by atoms with van der Waals surface area (Å²) in [6, 6.07) is 17.7. The number of halogens is 1. The smallest absolute Gasteiger partial charge is 0.335 e. The maximum Gasteiger partial charge on any atom is 0.335 e. The zero-order valence-electron chi connectivity index (χ0n) is 18.1. The lowest BCUT2D eigenvalue weighted by atomic mass is 10.00. The van der Waals surface area contributed by atoms with E-state index < -0.39 is 17.8 Å². The fourth-order valence-electron chi connectivity index (χ4n) is 3.67. The standard InChI is InChI=1S/C26H21FN2O4/c1-16-6-5-8-20(12-16)29-25(31)21(24(30)28-26(29)32)13-17-10-11-19(23(14-17)33-2)15-18-7-3-4-9-22(18)27/h3-14H,15H2,1-2H3,(H,28,30,32)/b21-13+. The molecule has 0 aliphatic carbocycles. The highest BCUT2D eigenvalue weighted by Crippen LogP contribution is 2.27. The van der Waals surface area contributed by atoms with Gasteiger partial charge in [0.25, 0.3) is 11.8 Å². The topological polar surface area (TPSA) is 75.7 Å². The average Bonchev–Trinajstić information content (AvgIpc) is 2.79. The second-order valence-corrected chi connectivity index (χ2v) is 7.64. The average molecular weight is 444 g/mol. The van der Waals surface area contributed by atoms with Gasteiger partial charge in [0.2, 0.25) is 0 Å². The number of hydrogen-bond donors (Lipinski definition) is 1. The summed E-state index contributed by atoms with van der Waals surface area (Å²) < 4.78 is 19.5. The molecule has 1 heterocycles. The van der Waals surface area contributed by atoms with Gasteiger partial charge in [0.15, 0.2) is 0 Å². The van der Waals surface area contributed by atoms with Crippen molar-refractivity contribution in [2.24, 2.45) is 0 Å². The van der Waals surface area contributed by atoms with Gasteiger partial charge in [0, 0.05) is 6.42 Å². The highest BCUT2D eigenvalue weighted by atomic mass is 19.1. The number of benzene rings is 3. The molecule has 33 heavy (non-hydrogen) atoms. The van der Waals surface area contributed by atoms with Crippen molar-refractivity contribution in [3.05, 3.63) is 100 Å². The Balaban J connectivity index is 1.67. The summed E-state index contributed by atoms with van der Waals surface area (Å²) in [6.45, 7) is 1.84. The molecule has 0 radical (unpaired) electrons. The molecule has 0 atom stereocenters. The van der Waals surface area contributed by atoms with Crippen LogP contribution in [0.4, 0.5) is 14.9 Å². The van der Waals surface area contributed by atoms with Crippen LogP contribution in [-0.2, 0) is 16.0 Å². The number of barbiturate groups is 1. The van der Waals surface area contributed by atoms with Crippen LogP contribution in [0.25, 0.3) is 6.08 Å². The van der Waals surface area contributed by atoms with Crippen molar-refractivity contribution in [3.63, 3.8) is 0 Å². The van der Waals surface area contributed by atoms with Gasteiger partial charge in [-0.1, -0.05) is 42.5 Å². The zero-order chi connectivity index (χ0) is 23.5. The predicted octanol–water partition coefficient (Wildman–Crippen LogP) is 4.40. The number of aryl methyl sites for hydroxylation is 1. The van der Waals surface area contributed by atoms with E-state index in [1.165, 1.54) is 19.3 Å². The van der Waals surface area contributed by atoms with Gasteiger partial charge >= 0.3 is 6.03 Å². The summed E-state index contributed by atoms with van der Waals surface area (Å²) in [5, 5.41) is 2.21. The zero-order valence-corrected chi connectivity index (χ0v) is 18.1. The summed E-state index contributed by atoms with van der Waals surface area (Å²) in [6.07, 6.45) is 1.73. The number of ether oxygens (including phenoxy) is 1. The van der Waals surface area contributed by atoms with Crippen molar-refractivity contribution in [3.8, 4) is 5.75 Å². The number of rotatable bonds is 5. The van der Waals surface area contributed by atoms with E-state index in [1.807, 2.05) is 13.0 Å². The Labute approximate surface area is 190 Å². The second kappa shape index (κ2) is 9.08. The first-order valence-corrected chi connectivity index (χ1v) is 10.3. The van der Waals surface area contributed by atoms with Gasteiger partial charge in [-0.15, -0.1) is 0 Å². The van der Waals surface area contributed by atoms with Crippen LogP contribution in [0, 0.1) is 12.7 Å². The van der Waals surface area contributed by atoms with Crippen LogP contribution >= 0.6 is 0 Å². The minimum Gasteiger partial charge on any atom is -0.496 e. The molecule has 166 valence electrons. The molecule has 1 aliphatic rings. The highest BCUT2D eigenvalue weighted by molar-refractivity contribution is 6.39. The summed E-state index contributed by atoms with van der Waals surface area (Å²) >= 11 is 0. The van der Waals surface area contributed by atoms with Crippen molar-refractivity contribution in [1.29, 1.82) is 0 Å². The number of nitrogens with zero attached hydrogens (tertiary/aromatic N) is 1. The lowest BCUT2D eigenvalue weighted by Crippen LogP contribution is -2.54. The van der Waals surface area contributed by atoms with Crippen molar-refractivity contribution in [1.82, 2.24) is 5.32 Å². The van der Waals surface area contributed by atoms with E-state index in [4.69, 9.17) is 4.74 Å². The number of methoxy groups -OCH3 is 1. The summed E-state index contributed by atoms with van der Waals surface area (Å²) in [7, 11) is 1.49. The number of anilines is 1. The molecule has 1 fully saturated rings. The molecule has 3 aromatic carbocycles. The molecule has 0 saturated carbocycles. The molecule has 6 nitrogen and oxygen atoms in total. The van der Waals surface area contributed by atoms with Gasteiger partial charge in [-0.2, -0.15) is 0 Å². The summed E-state index contributed by atoms with van der Waals surface area (Å²) in [4.78, 5) is 38.8. The SMILES string of the molecule is COc1cc(/C=C2\C(=O)NC(=O)N(c3cccc(C)c3)C2=O)ccc1Cc1ccccc1F. The Morgan fingerprint density at radius 2 is 1.76 bits per heavy atom. The van der Waals surface area contributed by atoms with Crippen LogP contribution in [0.1, 0.15) is 22.3 Å². The number of carbonyl (C=O) groups excluding carboxylic acids is 3. The predicted molar refractivity (Wildman–Crippen MR) is 122 cm³/mol. The molecular formula is C26H21FN2O4. The summed E-state index contributed by atoms with van der Waals surface area (Å²) in [5.41, 5.74) is 2.86. The molecule has 7 heteroatoms. The van der Waals surface area contributed by atoms with E-state index in [2.05, 4.69) is 5.32 Å². The van der Waals surface area contributed by atoms with Gasteiger partial charge in [0.1, 0.15) is 17.1 Å². The van der Waals surface area contributed by atoms with Gasteiger partial charge in [-0.05, 0) is 59.5 Å². The number of amides is 4. The van der Waals surface area contributed by atoms with Crippen LogP contribution in [-0.4, -0.2) is 25.0 Å². The normalized spacial score (nSPS) is 15.1. The van der Waals surface area contributed by atoms with Crippen molar-refractivity contribution >= 4 is 29.6 Å². The number of hydrogen-bond acceptors (Lipinski definition) is 4. The molecule has 1 saturated heterocycles. The first-order chi connectivity index (χ1) is 15.9. The number of urea groups is 1. The lowest BCUT2D eigenvalue weighted by Gasteiger charge is -2.26. The largest absolute Gasteiger partial charge is 0.496 e. The molecule has 4 amide bonds. The van der Waals surface area contributed by atoms with Crippen molar-refractivity contribution < 1.29 is 23.5 Å². The van der Waals surface area contributed by atoms with E-state index in [-0.39, 0.29) is 11.4 Å². The molecule has 0 aromatic heterocycles. The third-order valence-electron chi connectivity index (χ3n) is 5.32. The fourth-order valence-corrected chi connectivity index (χ4v) is 3.67. The molecule has 0 unspecified atom stereocenters. The lowest BCUT2D eigenvalue weighted by molar-refractivity contribution is -0.122. The molecular weight excluding hydrogens is 423 g/mol. The Bertz CT molecular complexity index is 1300. The van der Waals surface area contributed by atoms with Crippen molar-refractivity contribution in [2.45, 2.75) is 13.3 Å². The van der Waals surface area contributed by atoms with E-state index in [1.54, 1.807) is 54.6 Å². The first-order valence-electron chi connectivity index (χ1n) is 10.3. The van der Waals surface area contributed by atoms with E-state index >= 15 is 0 Å². The molecule has 0 spiro atoms. The molecule has 1 N–H and O–H groups in total. The van der Waals surface area contributed by atoms with Gasteiger partial charge in [0.05, 0.1) is 12.8 Å². The molecule has 1 aliphatic heterocycles. The van der Waals surface area contributed by atoms with Crippen molar-refractivity contribution in [2.75, 3.05) is 12.0 Å². The molecule has 4 rings (SSSR count). The van der Waals surface area contributed by atoms with E-state index in [0.717, 1.165) is 16.0 Å². The Morgan fingerprint density at radius 3 is 2.48 bits per heavy atom. The fraction of sp³-hybridized carbons (Fsp3) is 0.115. The van der Waals surface area contributed by atoms with Crippen LogP contribution < -0.4 is 15.0 Å². The molecule has 0 bridgehead atoms. The van der Waals surface area contributed by atoms with E-state index in [0.29, 0.717) is 29.0 Å². The monoisotopic (exact) mass is 444 g/mol. The minimum atomic E-state index is -0.800. The second-order valence-electron chi connectivity index (χ2n) is 7.64. The van der Waals surface area contributed by atoms with Crippen LogP contribution in [0.3, 0.4) is 0 Å². The maximum atomic E-state index is 14.1. The number of nitrogens with one attached hydrogen (secondary N) is 1. The van der Waals surface area contributed by atoms with E-state index in [9.17, 15) is 18.8 Å². The minimum absolute atomic E-state index is 0.181. The van der Waals surface area contributed by atoms with Gasteiger partial charge < -0.3 is 4.74 Å². The number of imide groups is 2. The van der Waals surface area contributed by atoms with Crippen LogP contribution in [0.2, 0.25) is 0 Å². The van der Waals surface area contributed by atoms with Crippen LogP contribution in [0.15, 0.2) is 72.3 Å². The quantitative estimate of drug-likeness (QED) is 0.468. The Hall–Kier alpha value is -4.26. The Kier molecular flexibility index (Phi) is 6.04. The third-order valence-corrected chi connectivity index (χ3v) is 5.32. The Morgan fingerprint density at radius 1 is 0.970 bits per heavy atom. The first kappa shape index (κ1) is 22.0. The van der Waals surface area contributed by atoms with Gasteiger partial charge in [-0.3, -0.25) is 14.9 Å². The molecule has 3 aromatic rings.